The summed E-state index contributed by atoms with van der Waals surface area (Å²) in [5, 5.41) is 1.10. The van der Waals surface area contributed by atoms with Crippen molar-refractivity contribution in [1.29, 1.82) is 0 Å². The third-order valence-corrected chi connectivity index (χ3v) is 8.30. The van der Waals surface area contributed by atoms with Crippen LogP contribution in [-0.2, 0) is 22.9 Å². The number of nitrogens with zero attached hydrogens (tertiary/aromatic N) is 1. The smallest absolute Gasteiger partial charge is 0.214 e. The molecule has 0 saturated carbocycles. The molecule has 2 aromatic carbocycles. The summed E-state index contributed by atoms with van der Waals surface area (Å²) in [5.74, 6) is 2.22. The fraction of sp³-hybridized carbons (Fsp3) is 0.440. The maximum atomic E-state index is 13.0. The van der Waals surface area contributed by atoms with E-state index >= 15 is 0 Å². The van der Waals surface area contributed by atoms with Crippen molar-refractivity contribution in [2.75, 3.05) is 33.1 Å². The zero-order chi connectivity index (χ0) is 23.6. The third kappa shape index (κ3) is 4.54. The van der Waals surface area contributed by atoms with E-state index in [-0.39, 0.29) is 11.8 Å². The van der Waals surface area contributed by atoms with Gasteiger partial charge in [0.15, 0.2) is 11.5 Å². The van der Waals surface area contributed by atoms with Crippen LogP contribution in [0.15, 0.2) is 36.5 Å². The molecule has 0 saturated heterocycles. The zero-order valence-corrected chi connectivity index (χ0v) is 20.5. The number of benzene rings is 2. The van der Waals surface area contributed by atoms with Crippen molar-refractivity contribution in [3.8, 4) is 17.2 Å². The second kappa shape index (κ2) is 9.65. The molecule has 1 aliphatic rings. The lowest BCUT2D eigenvalue weighted by Gasteiger charge is -2.37. The fourth-order valence-corrected chi connectivity index (χ4v) is 6.00. The minimum atomic E-state index is -3.36. The van der Waals surface area contributed by atoms with Crippen molar-refractivity contribution in [2.24, 2.45) is 0 Å². The SMILES string of the molecule is CCOc1cc2c(cc1OC)CCN(S(=O)(=O)CC)[C@H]2CCc1c[nH]c2ccc(OC)cc12. The van der Waals surface area contributed by atoms with E-state index in [9.17, 15) is 8.42 Å². The van der Waals surface area contributed by atoms with Gasteiger partial charge in [0, 0.05) is 23.6 Å². The number of H-pyrrole nitrogens is 1. The number of nitrogens with one attached hydrogen (secondary N) is 1. The predicted octanol–water partition coefficient (Wildman–Crippen LogP) is 4.47. The number of hydrogen-bond donors (Lipinski definition) is 1. The lowest BCUT2D eigenvalue weighted by molar-refractivity contribution is 0.285. The van der Waals surface area contributed by atoms with Gasteiger partial charge in [-0.2, -0.15) is 4.31 Å². The van der Waals surface area contributed by atoms with Crippen LogP contribution in [0.25, 0.3) is 10.9 Å². The molecule has 178 valence electrons. The number of aryl methyl sites for hydroxylation is 1. The molecule has 0 unspecified atom stereocenters. The number of aromatic nitrogens is 1. The topological polar surface area (TPSA) is 80.9 Å². The maximum Gasteiger partial charge on any atom is 0.214 e. The van der Waals surface area contributed by atoms with Gasteiger partial charge in [-0.1, -0.05) is 0 Å². The van der Waals surface area contributed by atoms with Gasteiger partial charge in [0.25, 0.3) is 0 Å². The Morgan fingerprint density at radius 2 is 1.91 bits per heavy atom. The van der Waals surface area contributed by atoms with E-state index in [0.29, 0.717) is 37.5 Å². The first kappa shape index (κ1) is 23.4. The van der Waals surface area contributed by atoms with Crippen LogP contribution in [0.1, 0.15) is 43.0 Å². The number of methoxy groups -OCH3 is 2. The quantitative estimate of drug-likeness (QED) is 0.497. The molecular weight excluding hydrogens is 440 g/mol. The molecule has 2 heterocycles. The second-order valence-corrected chi connectivity index (χ2v) is 10.4. The number of ether oxygens (including phenoxy) is 3. The Balaban J connectivity index is 1.72. The lowest BCUT2D eigenvalue weighted by atomic mass is 9.90. The van der Waals surface area contributed by atoms with Gasteiger partial charge in [-0.15, -0.1) is 0 Å². The molecule has 1 atom stereocenters. The van der Waals surface area contributed by atoms with E-state index in [4.69, 9.17) is 14.2 Å². The van der Waals surface area contributed by atoms with Gasteiger partial charge in [-0.25, -0.2) is 8.42 Å². The maximum absolute atomic E-state index is 13.0. The van der Waals surface area contributed by atoms with Crippen LogP contribution < -0.4 is 14.2 Å². The van der Waals surface area contributed by atoms with E-state index in [1.807, 2.05) is 43.5 Å². The van der Waals surface area contributed by atoms with Gasteiger partial charge in [-0.3, -0.25) is 0 Å². The van der Waals surface area contributed by atoms with Crippen molar-refractivity contribution in [3.05, 3.63) is 53.2 Å². The van der Waals surface area contributed by atoms with Crippen molar-refractivity contribution in [2.45, 2.75) is 39.2 Å². The molecule has 7 nitrogen and oxygen atoms in total. The standard InChI is InChI=1S/C25H32N2O5S/c1-5-32-25-15-21-17(13-24(25)31-4)11-12-27(33(28,29)6-2)23(21)10-7-18-16-26-22-9-8-19(30-3)14-20(18)22/h8-9,13-16,23,26H,5-7,10-12H2,1-4H3/t23-/m0/s1. The molecule has 4 rings (SSSR count). The zero-order valence-electron chi connectivity index (χ0n) is 19.7. The van der Waals surface area contributed by atoms with Crippen molar-refractivity contribution in [1.82, 2.24) is 9.29 Å². The molecule has 0 amide bonds. The van der Waals surface area contributed by atoms with Crippen molar-refractivity contribution < 1.29 is 22.6 Å². The van der Waals surface area contributed by atoms with E-state index in [2.05, 4.69) is 4.98 Å². The van der Waals surface area contributed by atoms with Crippen LogP contribution in [0.4, 0.5) is 0 Å². The number of sulfonamides is 1. The van der Waals surface area contributed by atoms with Gasteiger partial charge >= 0.3 is 0 Å². The summed E-state index contributed by atoms with van der Waals surface area (Å²) >= 11 is 0. The molecule has 8 heteroatoms. The Morgan fingerprint density at radius 1 is 1.09 bits per heavy atom. The normalized spacial score (nSPS) is 16.5. The number of fused-ring (bicyclic) bond motifs is 2. The van der Waals surface area contributed by atoms with Crippen molar-refractivity contribution in [3.63, 3.8) is 0 Å². The number of aromatic amines is 1. The van der Waals surface area contributed by atoms with Gasteiger partial charge in [0.2, 0.25) is 10.0 Å². The summed E-state index contributed by atoms with van der Waals surface area (Å²) in [4.78, 5) is 3.32. The largest absolute Gasteiger partial charge is 0.497 e. The lowest BCUT2D eigenvalue weighted by Crippen LogP contribution is -2.41. The van der Waals surface area contributed by atoms with E-state index in [0.717, 1.165) is 39.8 Å². The Kier molecular flexibility index (Phi) is 6.86. The monoisotopic (exact) mass is 472 g/mol. The average Bonchev–Trinajstić information content (AvgIpc) is 3.24. The van der Waals surface area contributed by atoms with Gasteiger partial charge < -0.3 is 19.2 Å². The molecule has 1 aliphatic heterocycles. The Morgan fingerprint density at radius 3 is 2.61 bits per heavy atom. The molecule has 1 aromatic heterocycles. The molecule has 0 radical (unpaired) electrons. The molecule has 0 fully saturated rings. The van der Waals surface area contributed by atoms with Gasteiger partial charge in [0.05, 0.1) is 32.6 Å². The van der Waals surface area contributed by atoms with Crippen LogP contribution in [0.5, 0.6) is 17.2 Å². The molecule has 0 spiro atoms. The summed E-state index contributed by atoms with van der Waals surface area (Å²) < 4.78 is 44.4. The predicted molar refractivity (Wildman–Crippen MR) is 130 cm³/mol. The summed E-state index contributed by atoms with van der Waals surface area (Å²) in [6.45, 7) is 4.60. The van der Waals surface area contributed by atoms with E-state index < -0.39 is 10.0 Å². The molecule has 3 aromatic rings. The average molecular weight is 473 g/mol. The summed E-state index contributed by atoms with van der Waals surface area (Å²) in [5.41, 5.74) is 4.29. The summed E-state index contributed by atoms with van der Waals surface area (Å²) in [6, 6.07) is 9.66. The summed E-state index contributed by atoms with van der Waals surface area (Å²) in [7, 11) is -0.0791. The van der Waals surface area contributed by atoms with Crippen LogP contribution >= 0.6 is 0 Å². The van der Waals surface area contributed by atoms with Crippen LogP contribution in [0.3, 0.4) is 0 Å². The molecule has 1 N–H and O–H groups in total. The molecule has 0 bridgehead atoms. The Labute approximate surface area is 195 Å². The fourth-order valence-electron chi connectivity index (χ4n) is 4.70. The van der Waals surface area contributed by atoms with Gasteiger partial charge in [-0.05, 0) is 80.1 Å². The highest BCUT2D eigenvalue weighted by atomic mass is 32.2. The first-order chi connectivity index (χ1) is 15.9. The highest BCUT2D eigenvalue weighted by Gasteiger charge is 2.35. The molecule has 33 heavy (non-hydrogen) atoms. The summed E-state index contributed by atoms with van der Waals surface area (Å²) in [6.07, 6.45) is 4.04. The minimum Gasteiger partial charge on any atom is -0.497 e. The number of hydrogen-bond acceptors (Lipinski definition) is 5. The molecule has 0 aliphatic carbocycles. The number of rotatable bonds is 9. The van der Waals surface area contributed by atoms with E-state index in [1.54, 1.807) is 25.4 Å². The van der Waals surface area contributed by atoms with Crippen molar-refractivity contribution >= 4 is 20.9 Å². The first-order valence-electron chi connectivity index (χ1n) is 11.4. The second-order valence-electron chi connectivity index (χ2n) is 8.18. The highest BCUT2D eigenvalue weighted by Crippen LogP contribution is 2.41. The Hall–Kier alpha value is -2.71. The van der Waals surface area contributed by atoms with Crippen LogP contribution in [-0.4, -0.2) is 50.8 Å². The van der Waals surface area contributed by atoms with E-state index in [1.165, 1.54) is 0 Å². The first-order valence-corrected chi connectivity index (χ1v) is 13.0. The highest BCUT2D eigenvalue weighted by molar-refractivity contribution is 7.89. The molecular formula is C25H32N2O5S. The van der Waals surface area contributed by atoms with Crippen LogP contribution in [0, 0.1) is 0 Å². The minimum absolute atomic E-state index is 0.0809. The Bertz CT molecular complexity index is 1240. The van der Waals surface area contributed by atoms with Crippen LogP contribution in [0.2, 0.25) is 0 Å². The van der Waals surface area contributed by atoms with Gasteiger partial charge in [0.1, 0.15) is 5.75 Å². The third-order valence-electron chi connectivity index (χ3n) is 6.42.